The highest BCUT2D eigenvalue weighted by atomic mass is 35.5. The van der Waals surface area contributed by atoms with E-state index in [1.54, 1.807) is 44.7 Å². The van der Waals surface area contributed by atoms with Gasteiger partial charge in [-0.3, -0.25) is 24.5 Å². The third-order valence-corrected chi connectivity index (χ3v) is 14.3. The normalized spacial score (nSPS) is 17.6. The van der Waals surface area contributed by atoms with E-state index in [4.69, 9.17) is 21.1 Å². The number of amides is 4. The number of fused-ring (bicyclic) bond motifs is 2. The fourth-order valence-corrected chi connectivity index (χ4v) is 10.4. The second-order valence-electron chi connectivity index (χ2n) is 16.8. The molecule has 15 nitrogen and oxygen atoms in total. The summed E-state index contributed by atoms with van der Waals surface area (Å²) in [4.78, 5) is 66.4. The molecule has 3 N–H and O–H groups in total. The highest BCUT2D eigenvalue weighted by Gasteiger charge is 2.41. The Balaban J connectivity index is 0.853. The van der Waals surface area contributed by atoms with Gasteiger partial charge in [0.2, 0.25) is 17.8 Å². The molecule has 0 spiro atoms. The third kappa shape index (κ3) is 8.25. The predicted molar refractivity (Wildman–Crippen MR) is 246 cm³/mol. The number of imide groups is 1. The van der Waals surface area contributed by atoms with Gasteiger partial charge in [0.25, 0.3) is 11.8 Å². The Morgan fingerprint density at radius 1 is 0.859 bits per heavy atom. The number of nitrogens with zero attached hydrogens (tertiary/aromatic N) is 5. The van der Waals surface area contributed by atoms with E-state index in [9.17, 15) is 23.7 Å². The summed E-state index contributed by atoms with van der Waals surface area (Å²) in [5.74, 6) is 1.29. The first kappa shape index (κ1) is 42.8. The van der Waals surface area contributed by atoms with E-state index in [1.807, 2.05) is 47.4 Å². The van der Waals surface area contributed by atoms with Gasteiger partial charge in [-0.25, -0.2) is 4.98 Å². The highest BCUT2D eigenvalue weighted by molar-refractivity contribution is 7.70. The summed E-state index contributed by atoms with van der Waals surface area (Å²) in [5.41, 5.74) is 6.21. The number of halogens is 1. The Bertz CT molecular complexity index is 2770. The molecule has 1 atom stereocenters. The number of para-hydroxylation sites is 1. The Labute approximate surface area is 375 Å². The topological polar surface area (TPSA) is 175 Å². The van der Waals surface area contributed by atoms with Crippen molar-refractivity contribution in [2.24, 2.45) is 0 Å². The number of hydrogen-bond acceptors (Lipinski definition) is 12. The maximum Gasteiger partial charge on any atom is 0.255 e. The van der Waals surface area contributed by atoms with Crippen LogP contribution < -0.4 is 35.6 Å². The van der Waals surface area contributed by atoms with Crippen molar-refractivity contribution in [2.75, 3.05) is 49.1 Å². The minimum Gasteiger partial charge on any atom is -0.494 e. The maximum absolute atomic E-state index is 13.8. The SMILES string of the molecule is CCc1cc(Nc2ncc(Cl)c(Nc3ccccc3P(C)(C)=O)n2)c(OC)cc1N1CCC(N2Cc3cc(Oc4cccc5c4CN(C4CCC(=O)NC4=O)C5=O)ccc3C2=O)CC1. The molecule has 0 saturated carbocycles. The van der Waals surface area contributed by atoms with Crippen molar-refractivity contribution in [3.8, 4) is 17.2 Å². The molecule has 2 saturated heterocycles. The van der Waals surface area contributed by atoms with Gasteiger partial charge in [0.05, 0.1) is 31.2 Å². The van der Waals surface area contributed by atoms with Crippen LogP contribution in [0.4, 0.5) is 28.8 Å². The molecule has 0 bridgehead atoms. The molecule has 0 aliphatic carbocycles. The second kappa shape index (κ2) is 17.3. The smallest absolute Gasteiger partial charge is 0.255 e. The van der Waals surface area contributed by atoms with Crippen LogP contribution in [0.3, 0.4) is 0 Å². The van der Waals surface area contributed by atoms with E-state index in [0.717, 1.165) is 49.2 Å². The average Bonchev–Trinajstić information content (AvgIpc) is 3.80. The molecule has 4 amide bonds. The van der Waals surface area contributed by atoms with Gasteiger partial charge in [-0.15, -0.1) is 0 Å². The number of piperidine rings is 2. The van der Waals surface area contributed by atoms with Gasteiger partial charge < -0.3 is 39.4 Å². The molecule has 2 fully saturated rings. The first-order valence-electron chi connectivity index (χ1n) is 21.3. The van der Waals surface area contributed by atoms with Gasteiger partial charge in [-0.05, 0) is 98.7 Å². The van der Waals surface area contributed by atoms with Crippen LogP contribution in [0.2, 0.25) is 5.02 Å². The molecular weight excluding hydrogens is 855 g/mol. The van der Waals surface area contributed by atoms with E-state index in [1.165, 1.54) is 11.1 Å². The number of carbonyl (C=O) groups excluding carboxylic acids is 4. The van der Waals surface area contributed by atoms with Gasteiger partial charge >= 0.3 is 0 Å². The molecule has 4 aliphatic heterocycles. The van der Waals surface area contributed by atoms with Crippen LogP contribution in [-0.4, -0.2) is 89.0 Å². The number of methoxy groups -OCH3 is 1. The fourth-order valence-electron chi connectivity index (χ4n) is 9.15. The number of nitrogens with one attached hydrogen (secondary N) is 3. The van der Waals surface area contributed by atoms with E-state index in [2.05, 4.69) is 43.8 Å². The Kier molecular flexibility index (Phi) is 11.6. The van der Waals surface area contributed by atoms with Crippen LogP contribution >= 0.6 is 18.7 Å². The lowest BCUT2D eigenvalue weighted by atomic mass is 10.00. The Morgan fingerprint density at radius 2 is 1.64 bits per heavy atom. The lowest BCUT2D eigenvalue weighted by molar-refractivity contribution is -0.136. The van der Waals surface area contributed by atoms with E-state index in [-0.39, 0.29) is 43.1 Å². The molecule has 4 aromatic carbocycles. The van der Waals surface area contributed by atoms with Crippen molar-refractivity contribution in [3.63, 3.8) is 0 Å². The highest BCUT2D eigenvalue weighted by Crippen LogP contribution is 2.41. The third-order valence-electron chi connectivity index (χ3n) is 12.4. The van der Waals surface area contributed by atoms with Crippen molar-refractivity contribution in [1.82, 2.24) is 25.1 Å². The van der Waals surface area contributed by atoms with Crippen LogP contribution in [0.25, 0.3) is 0 Å². The van der Waals surface area contributed by atoms with Crippen LogP contribution in [0, 0.1) is 0 Å². The van der Waals surface area contributed by atoms with Gasteiger partial charge in [0, 0.05) is 65.8 Å². The van der Waals surface area contributed by atoms with Crippen molar-refractivity contribution in [2.45, 2.75) is 64.2 Å². The molecule has 4 aliphatic rings. The zero-order valence-corrected chi connectivity index (χ0v) is 37.6. The number of aryl methyl sites for hydroxylation is 1. The van der Waals surface area contributed by atoms with Crippen LogP contribution in [-0.2, 0) is 33.7 Å². The van der Waals surface area contributed by atoms with Gasteiger partial charge in [0.1, 0.15) is 35.5 Å². The monoisotopic (exact) mass is 902 g/mol. The lowest BCUT2D eigenvalue weighted by Gasteiger charge is -2.38. The summed E-state index contributed by atoms with van der Waals surface area (Å²) in [6, 6.07) is 21.6. The number of rotatable bonds is 12. The molecule has 9 rings (SSSR count). The summed E-state index contributed by atoms with van der Waals surface area (Å²) >= 11 is 6.53. The van der Waals surface area contributed by atoms with E-state index < -0.39 is 19.1 Å². The molecule has 1 aromatic heterocycles. The van der Waals surface area contributed by atoms with Crippen LogP contribution in [0.5, 0.6) is 17.2 Å². The minimum absolute atomic E-state index is 0.000125. The van der Waals surface area contributed by atoms with E-state index >= 15 is 0 Å². The molecule has 1 unspecified atom stereocenters. The van der Waals surface area contributed by atoms with Crippen LogP contribution in [0.1, 0.15) is 70.0 Å². The standard InChI is InChI=1S/C47H48ClN8O7P/c1-5-27-22-36(51-47-49-24-34(48)43(53-47)50-35-10-6-7-12-41(35)64(3,4)61)40(62-2)23-38(27)54-19-17-29(18-20-54)55-25-28-21-30(13-14-31(28)45(55)59)63-39-11-8-9-32-33(39)26-56(46(32)60)37-15-16-42(57)52-44(37)58/h6-14,21-24,29,37H,5,15-20,25-26H2,1-4H3,(H,52,57,58)(H2,49,50,51,53). The second-order valence-corrected chi connectivity index (χ2v) is 20.4. The van der Waals surface area contributed by atoms with Gasteiger partial charge in [-0.1, -0.05) is 36.7 Å². The summed E-state index contributed by atoms with van der Waals surface area (Å²) in [6.07, 6.45) is 4.30. The van der Waals surface area contributed by atoms with Crippen molar-refractivity contribution in [1.29, 1.82) is 0 Å². The molecule has 17 heteroatoms. The average molecular weight is 903 g/mol. The first-order chi connectivity index (χ1) is 30.8. The summed E-state index contributed by atoms with van der Waals surface area (Å²) in [7, 11) is -0.960. The van der Waals surface area contributed by atoms with Crippen molar-refractivity contribution in [3.05, 3.63) is 112 Å². The lowest BCUT2D eigenvalue weighted by Crippen LogP contribution is -2.52. The molecule has 64 heavy (non-hydrogen) atoms. The van der Waals surface area contributed by atoms with Gasteiger partial charge in [-0.2, -0.15) is 4.98 Å². The number of ether oxygens (including phenoxy) is 2. The molecular formula is C47H48ClN8O7P. The number of carbonyl (C=O) groups is 4. The van der Waals surface area contributed by atoms with Crippen molar-refractivity contribution >= 4 is 76.5 Å². The quantitative estimate of drug-likeness (QED) is 0.0827. The summed E-state index contributed by atoms with van der Waals surface area (Å²) in [6.45, 7) is 7.70. The Morgan fingerprint density at radius 3 is 2.39 bits per heavy atom. The van der Waals surface area contributed by atoms with Crippen molar-refractivity contribution < 1.29 is 33.2 Å². The zero-order valence-electron chi connectivity index (χ0n) is 35.9. The minimum atomic E-state index is -2.59. The van der Waals surface area contributed by atoms with Crippen LogP contribution in [0.15, 0.2) is 79.0 Å². The van der Waals surface area contributed by atoms with Gasteiger partial charge in [0.15, 0.2) is 5.82 Å². The molecule has 0 radical (unpaired) electrons. The molecule has 5 heterocycles. The predicted octanol–water partition coefficient (Wildman–Crippen LogP) is 7.61. The largest absolute Gasteiger partial charge is 0.494 e. The number of anilines is 5. The maximum atomic E-state index is 13.8. The summed E-state index contributed by atoms with van der Waals surface area (Å²) in [5, 5.41) is 9.92. The zero-order chi connectivity index (χ0) is 44.9. The fraction of sp³-hybridized carbons (Fsp3) is 0.319. The first-order valence-corrected chi connectivity index (χ1v) is 24.3. The number of benzene rings is 4. The molecule has 330 valence electrons. The number of aromatic nitrogens is 2. The van der Waals surface area contributed by atoms with E-state index in [0.29, 0.717) is 74.0 Å². The Hall–Kier alpha value is -6.44. The summed E-state index contributed by atoms with van der Waals surface area (Å²) < 4.78 is 25.3. The number of hydrogen-bond donors (Lipinski definition) is 3. The molecule has 5 aromatic rings.